The van der Waals surface area contributed by atoms with Gasteiger partial charge in [-0.3, -0.25) is 0 Å². The van der Waals surface area contributed by atoms with E-state index in [2.05, 4.69) is 15.4 Å². The van der Waals surface area contributed by atoms with Crippen LogP contribution in [-0.2, 0) is 0 Å². The third kappa shape index (κ3) is 1.99. The number of fused-ring (bicyclic) bond motifs is 1. The Morgan fingerprint density at radius 1 is 1.50 bits per heavy atom. The normalized spacial score (nSPS) is 14.9. The fourth-order valence-electron chi connectivity index (χ4n) is 1.39. The van der Waals surface area contributed by atoms with E-state index in [9.17, 15) is 5.11 Å². The summed E-state index contributed by atoms with van der Waals surface area (Å²) in [5, 5.41) is 16.7. The van der Waals surface area contributed by atoms with Gasteiger partial charge in [0, 0.05) is 6.20 Å². The highest BCUT2D eigenvalue weighted by Crippen LogP contribution is 2.15. The van der Waals surface area contributed by atoms with Gasteiger partial charge in [0.05, 0.1) is 12.1 Å². The predicted molar refractivity (Wildman–Crippen MR) is 62.4 cm³/mol. The van der Waals surface area contributed by atoms with Crippen molar-refractivity contribution in [3.05, 3.63) is 24.4 Å². The lowest BCUT2D eigenvalue weighted by molar-refractivity contribution is 0.218. The number of nitrogens with one attached hydrogen (secondary N) is 1. The van der Waals surface area contributed by atoms with Crippen LogP contribution in [0.25, 0.3) is 5.65 Å². The van der Waals surface area contributed by atoms with Gasteiger partial charge in [0.15, 0.2) is 5.65 Å². The summed E-state index contributed by atoms with van der Waals surface area (Å²) < 4.78 is 1.70. The van der Waals surface area contributed by atoms with E-state index in [-0.39, 0.29) is 12.1 Å². The molecule has 5 heteroatoms. The van der Waals surface area contributed by atoms with Gasteiger partial charge in [-0.1, -0.05) is 13.0 Å². The minimum Gasteiger partial charge on any atom is -0.394 e. The van der Waals surface area contributed by atoms with Crippen molar-refractivity contribution in [1.82, 2.24) is 14.6 Å². The van der Waals surface area contributed by atoms with Gasteiger partial charge in [0.1, 0.15) is 0 Å². The molecule has 0 radical (unpaired) electrons. The van der Waals surface area contributed by atoms with E-state index in [4.69, 9.17) is 0 Å². The third-order valence-corrected chi connectivity index (χ3v) is 2.78. The molecular weight excluding hydrogens is 204 g/mol. The molecule has 0 aliphatic heterocycles. The highest BCUT2D eigenvalue weighted by Gasteiger charge is 2.22. The SMILES string of the molecule is CCC(C)(CO)Nc1nc2ccccn2n1. The molecule has 1 atom stereocenters. The largest absolute Gasteiger partial charge is 0.394 e. The second kappa shape index (κ2) is 4.09. The first-order valence-corrected chi connectivity index (χ1v) is 5.37. The molecule has 0 aliphatic carbocycles. The van der Waals surface area contributed by atoms with Crippen molar-refractivity contribution < 1.29 is 5.11 Å². The van der Waals surface area contributed by atoms with E-state index in [1.165, 1.54) is 0 Å². The zero-order valence-corrected chi connectivity index (χ0v) is 9.51. The number of nitrogens with zero attached hydrogens (tertiary/aromatic N) is 3. The molecular formula is C11H16N4O. The van der Waals surface area contributed by atoms with Crippen LogP contribution in [0.4, 0.5) is 5.95 Å². The van der Waals surface area contributed by atoms with Crippen LogP contribution >= 0.6 is 0 Å². The monoisotopic (exact) mass is 220 g/mol. The number of aliphatic hydroxyl groups is 1. The molecule has 16 heavy (non-hydrogen) atoms. The molecule has 0 aliphatic rings. The summed E-state index contributed by atoms with van der Waals surface area (Å²) in [6, 6.07) is 5.70. The molecule has 0 saturated carbocycles. The molecule has 0 bridgehead atoms. The first-order chi connectivity index (χ1) is 7.67. The Hall–Kier alpha value is -1.62. The number of rotatable bonds is 4. The number of pyridine rings is 1. The van der Waals surface area contributed by atoms with Crippen LogP contribution in [0.1, 0.15) is 20.3 Å². The average Bonchev–Trinajstić information content (AvgIpc) is 2.70. The molecule has 5 nitrogen and oxygen atoms in total. The van der Waals surface area contributed by atoms with Gasteiger partial charge < -0.3 is 10.4 Å². The molecule has 0 amide bonds. The molecule has 2 aromatic rings. The van der Waals surface area contributed by atoms with E-state index in [0.29, 0.717) is 5.95 Å². The molecule has 2 heterocycles. The standard InChI is InChI=1S/C11H16N4O/c1-3-11(2,8-16)13-10-12-9-6-4-5-7-15(9)14-10/h4-7,16H,3,8H2,1-2H3,(H,13,14). The zero-order chi connectivity index (χ0) is 11.6. The lowest BCUT2D eigenvalue weighted by Gasteiger charge is -2.26. The smallest absolute Gasteiger partial charge is 0.243 e. The second-order valence-electron chi connectivity index (χ2n) is 4.14. The second-order valence-corrected chi connectivity index (χ2v) is 4.14. The number of aromatic nitrogens is 3. The molecule has 2 rings (SSSR count). The van der Waals surface area contributed by atoms with E-state index in [1.54, 1.807) is 4.52 Å². The van der Waals surface area contributed by atoms with Gasteiger partial charge in [0.2, 0.25) is 5.95 Å². The lowest BCUT2D eigenvalue weighted by Crippen LogP contribution is -2.38. The number of anilines is 1. The first-order valence-electron chi connectivity index (χ1n) is 5.37. The minimum atomic E-state index is -0.370. The lowest BCUT2D eigenvalue weighted by atomic mass is 10.0. The zero-order valence-electron chi connectivity index (χ0n) is 9.51. The Balaban J connectivity index is 2.27. The van der Waals surface area contributed by atoms with Crippen LogP contribution in [0.2, 0.25) is 0 Å². The number of hydrogen-bond donors (Lipinski definition) is 2. The minimum absolute atomic E-state index is 0.0546. The topological polar surface area (TPSA) is 62.5 Å². The Morgan fingerprint density at radius 2 is 2.31 bits per heavy atom. The van der Waals surface area contributed by atoms with Crippen molar-refractivity contribution in [1.29, 1.82) is 0 Å². The fraction of sp³-hybridized carbons (Fsp3) is 0.455. The Labute approximate surface area is 94.1 Å². The molecule has 2 N–H and O–H groups in total. The maximum atomic E-state index is 9.30. The highest BCUT2D eigenvalue weighted by atomic mass is 16.3. The Morgan fingerprint density at radius 3 is 2.94 bits per heavy atom. The molecule has 0 saturated heterocycles. The van der Waals surface area contributed by atoms with Gasteiger partial charge >= 0.3 is 0 Å². The fourth-order valence-corrected chi connectivity index (χ4v) is 1.39. The Kier molecular flexibility index (Phi) is 2.78. The van der Waals surface area contributed by atoms with Gasteiger partial charge in [-0.2, -0.15) is 4.98 Å². The van der Waals surface area contributed by atoms with Crippen LogP contribution < -0.4 is 5.32 Å². The third-order valence-electron chi connectivity index (χ3n) is 2.78. The van der Waals surface area contributed by atoms with E-state index < -0.39 is 0 Å². The van der Waals surface area contributed by atoms with Crippen molar-refractivity contribution in [3.63, 3.8) is 0 Å². The molecule has 86 valence electrons. The summed E-state index contributed by atoms with van der Waals surface area (Å²) in [6.45, 7) is 4.01. The summed E-state index contributed by atoms with van der Waals surface area (Å²) in [5.74, 6) is 0.546. The first kappa shape index (κ1) is 10.9. The van der Waals surface area contributed by atoms with Crippen molar-refractivity contribution in [3.8, 4) is 0 Å². The van der Waals surface area contributed by atoms with Crippen molar-refractivity contribution in [2.24, 2.45) is 0 Å². The summed E-state index contributed by atoms with van der Waals surface area (Å²) in [6.07, 6.45) is 2.65. The van der Waals surface area contributed by atoms with E-state index >= 15 is 0 Å². The van der Waals surface area contributed by atoms with Crippen LogP contribution in [0.3, 0.4) is 0 Å². The molecule has 2 aromatic heterocycles. The molecule has 0 aromatic carbocycles. The van der Waals surface area contributed by atoms with Crippen LogP contribution in [-0.4, -0.2) is 31.9 Å². The summed E-state index contributed by atoms with van der Waals surface area (Å²) >= 11 is 0. The Bertz CT molecular complexity index is 443. The maximum absolute atomic E-state index is 9.30. The summed E-state index contributed by atoms with van der Waals surface area (Å²) in [5.41, 5.74) is 0.423. The maximum Gasteiger partial charge on any atom is 0.243 e. The predicted octanol–water partition coefficient (Wildman–Crippen LogP) is 1.30. The van der Waals surface area contributed by atoms with Gasteiger partial charge in [-0.15, -0.1) is 5.10 Å². The van der Waals surface area contributed by atoms with Crippen LogP contribution in [0.5, 0.6) is 0 Å². The van der Waals surface area contributed by atoms with Gasteiger partial charge in [-0.25, -0.2) is 4.52 Å². The van der Waals surface area contributed by atoms with Crippen molar-refractivity contribution >= 4 is 11.6 Å². The average molecular weight is 220 g/mol. The van der Waals surface area contributed by atoms with E-state index in [0.717, 1.165) is 12.1 Å². The van der Waals surface area contributed by atoms with Crippen LogP contribution in [0.15, 0.2) is 24.4 Å². The molecule has 1 unspecified atom stereocenters. The number of aliphatic hydroxyl groups excluding tert-OH is 1. The van der Waals surface area contributed by atoms with Gasteiger partial charge in [-0.05, 0) is 25.5 Å². The summed E-state index contributed by atoms with van der Waals surface area (Å²) in [4.78, 5) is 4.32. The van der Waals surface area contributed by atoms with Crippen LogP contribution in [0, 0.1) is 0 Å². The highest BCUT2D eigenvalue weighted by molar-refractivity contribution is 5.43. The van der Waals surface area contributed by atoms with Gasteiger partial charge in [0.25, 0.3) is 0 Å². The van der Waals surface area contributed by atoms with Crippen molar-refractivity contribution in [2.45, 2.75) is 25.8 Å². The summed E-state index contributed by atoms with van der Waals surface area (Å²) in [7, 11) is 0. The van der Waals surface area contributed by atoms with Crippen molar-refractivity contribution in [2.75, 3.05) is 11.9 Å². The van der Waals surface area contributed by atoms with E-state index in [1.807, 2.05) is 38.2 Å². The molecule has 0 spiro atoms. The number of hydrogen-bond acceptors (Lipinski definition) is 4. The quantitative estimate of drug-likeness (QED) is 0.815. The molecule has 0 fully saturated rings.